The molecule has 10 nitrogen and oxygen atoms in total. The van der Waals surface area contributed by atoms with E-state index in [1.165, 1.54) is 0 Å². The van der Waals surface area contributed by atoms with Crippen LogP contribution in [0.4, 0.5) is 4.79 Å². The molecular weight excluding hydrogens is 630 g/mol. The van der Waals surface area contributed by atoms with E-state index in [9.17, 15) is 24.3 Å². The fourth-order valence-corrected chi connectivity index (χ4v) is 6.97. The normalized spacial score (nSPS) is 21.2. The molecule has 0 spiro atoms. The van der Waals surface area contributed by atoms with Gasteiger partial charge in [0.05, 0.1) is 6.54 Å². The largest absolute Gasteiger partial charge is 0.488 e. The number of alkyl carbamates (subject to hydrolysis) is 1. The minimum absolute atomic E-state index is 0.148. The Morgan fingerprint density at radius 1 is 1.10 bits per heavy atom. The van der Waals surface area contributed by atoms with Gasteiger partial charge in [0.1, 0.15) is 29.0 Å². The van der Waals surface area contributed by atoms with Crippen molar-refractivity contribution in [1.29, 1.82) is 0 Å². The summed E-state index contributed by atoms with van der Waals surface area (Å²) < 4.78 is 12.1. The highest BCUT2D eigenvalue weighted by Crippen LogP contribution is 2.44. The van der Waals surface area contributed by atoms with Crippen LogP contribution >= 0.6 is 11.3 Å². The second-order valence-electron chi connectivity index (χ2n) is 13.6. The Bertz CT molecular complexity index is 1630. The van der Waals surface area contributed by atoms with Crippen LogP contribution in [0, 0.1) is 5.92 Å². The van der Waals surface area contributed by atoms with Crippen molar-refractivity contribution >= 4 is 46.5 Å². The quantitative estimate of drug-likeness (QED) is 0.0947. The molecule has 1 aliphatic heterocycles. The first-order valence-electron chi connectivity index (χ1n) is 16.6. The van der Waals surface area contributed by atoms with E-state index in [-0.39, 0.29) is 17.9 Å². The zero-order chi connectivity index (χ0) is 34.3. The SMILES string of the molecule is CC(C)(C)OC(=O)N[C@@H](CCCCC/C=C\[C@@H]1C[C@]1(NC=O)C(=O)O)C(=O)N1CC[C@@H](Oc2cc3ccccc3cc2-c2cccs2)C1. The fraction of sp³-hybridized carbons (Fsp3) is 0.459. The number of nitrogens with one attached hydrogen (secondary N) is 2. The highest BCUT2D eigenvalue weighted by molar-refractivity contribution is 7.13. The first kappa shape index (κ1) is 34.9. The van der Waals surface area contributed by atoms with Crippen molar-refractivity contribution in [3.63, 3.8) is 0 Å². The number of likely N-dealkylation sites (tertiary alicyclic amines) is 1. The van der Waals surface area contributed by atoms with Crippen molar-refractivity contribution in [3.05, 3.63) is 66.1 Å². The summed E-state index contributed by atoms with van der Waals surface area (Å²) >= 11 is 1.66. The summed E-state index contributed by atoms with van der Waals surface area (Å²) in [7, 11) is 0. The average molecular weight is 676 g/mol. The maximum absolute atomic E-state index is 13.8. The smallest absolute Gasteiger partial charge is 0.408 e. The molecular formula is C37H45N3O7S. The van der Waals surface area contributed by atoms with Crippen LogP contribution in [0.3, 0.4) is 0 Å². The van der Waals surface area contributed by atoms with Crippen LogP contribution in [0.25, 0.3) is 21.2 Å². The van der Waals surface area contributed by atoms with Gasteiger partial charge in [-0.2, -0.15) is 0 Å². The van der Waals surface area contributed by atoms with E-state index in [0.717, 1.165) is 46.2 Å². The Morgan fingerprint density at radius 3 is 2.56 bits per heavy atom. The number of benzene rings is 2. The maximum atomic E-state index is 13.8. The molecule has 1 aromatic heterocycles. The van der Waals surface area contributed by atoms with Crippen molar-refractivity contribution in [1.82, 2.24) is 15.5 Å². The van der Waals surface area contributed by atoms with Crippen molar-refractivity contribution in [2.45, 2.75) is 89.0 Å². The van der Waals surface area contributed by atoms with Gasteiger partial charge in [-0.3, -0.25) is 9.59 Å². The average Bonchev–Trinajstić information content (AvgIpc) is 3.36. The van der Waals surface area contributed by atoms with Gasteiger partial charge in [-0.1, -0.05) is 55.3 Å². The first-order valence-corrected chi connectivity index (χ1v) is 17.5. The van der Waals surface area contributed by atoms with E-state index in [4.69, 9.17) is 9.47 Å². The molecule has 3 N–H and O–H groups in total. The summed E-state index contributed by atoms with van der Waals surface area (Å²) in [6, 6.07) is 15.8. The standard InChI is InChI=1S/C37H45N3O7S/c1-36(2,3)47-35(45)39-30(15-8-6-4-5-7-14-27-22-37(27,34(43)44)38-24-41)33(42)40-18-17-28(23-40)46-31-21-26-13-10-9-12-25(26)20-29(31)32-16-11-19-48-32/h7,9-14,16,19-21,24,27-28,30H,4-6,8,15,17-18,22-23H2,1-3H3,(H,38,41)(H,39,45)(H,43,44)/b14-7-/t27-,28-,30+,37-/m1/s1. The number of aliphatic carboxylic acids is 1. The van der Waals surface area contributed by atoms with E-state index >= 15 is 0 Å². The molecule has 1 aliphatic carbocycles. The number of carboxylic acids is 1. The Hall–Kier alpha value is -4.38. The number of ether oxygens (including phenoxy) is 2. The minimum atomic E-state index is -1.18. The molecule has 3 aromatic rings. The van der Waals surface area contributed by atoms with Gasteiger partial charge in [0.15, 0.2) is 0 Å². The summed E-state index contributed by atoms with van der Waals surface area (Å²) in [6.45, 7) is 6.31. The Morgan fingerprint density at radius 2 is 1.88 bits per heavy atom. The second kappa shape index (κ2) is 15.2. The molecule has 256 valence electrons. The molecule has 2 aliphatic rings. The number of unbranched alkanes of at least 4 members (excludes halogenated alkanes) is 3. The number of amides is 3. The van der Waals surface area contributed by atoms with Crippen molar-refractivity contribution in [2.24, 2.45) is 5.92 Å². The Kier molecular flexibility index (Phi) is 11.1. The number of hydrogen-bond acceptors (Lipinski definition) is 7. The molecule has 1 saturated carbocycles. The molecule has 0 bridgehead atoms. The first-order chi connectivity index (χ1) is 23.0. The number of hydrogen-bond donors (Lipinski definition) is 3. The number of allylic oxidation sites excluding steroid dienone is 1. The molecule has 48 heavy (non-hydrogen) atoms. The van der Waals surface area contributed by atoms with Crippen LogP contribution in [0.1, 0.15) is 65.7 Å². The van der Waals surface area contributed by atoms with E-state index in [2.05, 4.69) is 41.0 Å². The summed E-state index contributed by atoms with van der Waals surface area (Å²) in [5, 5.41) is 18.9. The molecule has 3 amide bonds. The topological polar surface area (TPSA) is 134 Å². The van der Waals surface area contributed by atoms with E-state index in [1.807, 2.05) is 35.7 Å². The van der Waals surface area contributed by atoms with Gasteiger partial charge < -0.3 is 30.1 Å². The number of carboxylic acid groups (broad SMARTS) is 1. The molecule has 0 unspecified atom stereocenters. The van der Waals surface area contributed by atoms with Gasteiger partial charge in [0.2, 0.25) is 12.3 Å². The van der Waals surface area contributed by atoms with Gasteiger partial charge in [-0.05, 0) is 80.8 Å². The molecule has 2 heterocycles. The summed E-state index contributed by atoms with van der Waals surface area (Å²) in [5.74, 6) is -0.587. The predicted octanol–water partition coefficient (Wildman–Crippen LogP) is 6.54. The van der Waals surface area contributed by atoms with E-state index < -0.39 is 29.2 Å². The lowest BCUT2D eigenvalue weighted by Gasteiger charge is -2.26. The molecule has 2 aromatic carbocycles. The van der Waals surface area contributed by atoms with E-state index in [1.54, 1.807) is 37.0 Å². The van der Waals surface area contributed by atoms with Crippen LogP contribution in [0.2, 0.25) is 0 Å². The van der Waals surface area contributed by atoms with Gasteiger partial charge in [-0.15, -0.1) is 11.3 Å². The van der Waals surface area contributed by atoms with Crippen molar-refractivity contribution < 1.29 is 33.8 Å². The number of fused-ring (bicyclic) bond motifs is 1. The number of nitrogens with zero attached hydrogens (tertiary/aromatic N) is 1. The number of carbonyl (C=O) groups is 4. The van der Waals surface area contributed by atoms with E-state index in [0.29, 0.717) is 45.2 Å². The highest BCUT2D eigenvalue weighted by atomic mass is 32.1. The van der Waals surface area contributed by atoms with Gasteiger partial charge in [0.25, 0.3) is 0 Å². The van der Waals surface area contributed by atoms with Crippen molar-refractivity contribution in [3.8, 4) is 16.2 Å². The molecule has 5 rings (SSSR count). The number of thiophene rings is 1. The van der Waals surface area contributed by atoms with Crippen LogP contribution < -0.4 is 15.4 Å². The molecule has 11 heteroatoms. The highest BCUT2D eigenvalue weighted by Gasteiger charge is 2.59. The van der Waals surface area contributed by atoms with Crippen LogP contribution in [0.15, 0.2) is 66.1 Å². The summed E-state index contributed by atoms with van der Waals surface area (Å²) in [4.78, 5) is 51.7. The van der Waals surface area contributed by atoms with Crippen molar-refractivity contribution in [2.75, 3.05) is 13.1 Å². The molecule has 4 atom stereocenters. The minimum Gasteiger partial charge on any atom is -0.488 e. The van der Waals surface area contributed by atoms with Crippen LogP contribution in [-0.2, 0) is 19.1 Å². The van der Waals surface area contributed by atoms with Gasteiger partial charge in [0, 0.05) is 29.3 Å². The predicted molar refractivity (Wildman–Crippen MR) is 186 cm³/mol. The van der Waals surface area contributed by atoms with Gasteiger partial charge in [-0.25, -0.2) is 9.59 Å². The molecule has 2 fully saturated rings. The maximum Gasteiger partial charge on any atom is 0.408 e. The van der Waals surface area contributed by atoms with Crippen LogP contribution in [-0.4, -0.2) is 70.8 Å². The second-order valence-corrected chi connectivity index (χ2v) is 14.5. The summed E-state index contributed by atoms with van der Waals surface area (Å²) in [6.07, 6.45) is 8.10. The zero-order valence-electron chi connectivity index (χ0n) is 27.8. The third-order valence-corrected chi connectivity index (χ3v) is 9.72. The third kappa shape index (κ3) is 8.74. The lowest BCUT2D eigenvalue weighted by Crippen LogP contribution is -2.49. The number of rotatable bonds is 15. The van der Waals surface area contributed by atoms with Gasteiger partial charge >= 0.3 is 12.1 Å². The monoisotopic (exact) mass is 675 g/mol. The lowest BCUT2D eigenvalue weighted by atomic mass is 10.0. The fourth-order valence-electron chi connectivity index (χ4n) is 6.22. The third-order valence-electron chi connectivity index (χ3n) is 8.82. The lowest BCUT2D eigenvalue weighted by molar-refractivity contribution is -0.142. The Labute approximate surface area is 285 Å². The van der Waals surface area contributed by atoms with Crippen LogP contribution in [0.5, 0.6) is 5.75 Å². The number of carbonyl (C=O) groups excluding carboxylic acids is 3. The molecule has 0 radical (unpaired) electrons. The zero-order valence-corrected chi connectivity index (χ0v) is 28.6. The summed E-state index contributed by atoms with van der Waals surface area (Å²) in [5.41, 5.74) is -0.845. The Balaban J connectivity index is 1.17. The molecule has 1 saturated heterocycles.